The van der Waals surface area contributed by atoms with E-state index in [0.29, 0.717) is 39.8 Å². The summed E-state index contributed by atoms with van der Waals surface area (Å²) in [5, 5.41) is 22.0. The molecule has 7 nitrogen and oxygen atoms in total. The molecule has 0 aliphatic carbocycles. The molecule has 0 aliphatic heterocycles. The Bertz CT molecular complexity index is 1410. The highest BCUT2D eigenvalue weighted by molar-refractivity contribution is 6.31. The second-order valence-corrected chi connectivity index (χ2v) is 8.44. The van der Waals surface area contributed by atoms with Crippen LogP contribution in [0.25, 0.3) is 6.08 Å². The van der Waals surface area contributed by atoms with Crippen LogP contribution in [0.3, 0.4) is 0 Å². The largest absolute Gasteiger partial charge is 0.493 e. The lowest BCUT2D eigenvalue weighted by Crippen LogP contribution is -2.14. The number of amides is 1. The number of nitrogens with one attached hydrogen (secondary N) is 1. The summed E-state index contributed by atoms with van der Waals surface area (Å²) >= 11 is 6.13. The van der Waals surface area contributed by atoms with Gasteiger partial charge in [-0.25, -0.2) is 4.79 Å². The summed E-state index contributed by atoms with van der Waals surface area (Å²) in [7, 11) is 1.49. The van der Waals surface area contributed by atoms with Gasteiger partial charge < -0.3 is 19.9 Å². The van der Waals surface area contributed by atoms with Gasteiger partial charge in [-0.3, -0.25) is 4.79 Å². The number of hydrogen-bond acceptors (Lipinski definition) is 5. The number of halogens is 1. The summed E-state index contributed by atoms with van der Waals surface area (Å²) < 4.78 is 11.6. The number of carbonyl (C=O) groups is 2. The smallest absolute Gasteiger partial charge is 0.335 e. The molecule has 8 heteroatoms. The fraction of sp³-hybridized carbons (Fsp3) is 0.138. The van der Waals surface area contributed by atoms with Gasteiger partial charge in [0.1, 0.15) is 18.2 Å². The summed E-state index contributed by atoms with van der Waals surface area (Å²) in [6, 6.07) is 16.9. The van der Waals surface area contributed by atoms with Crippen LogP contribution < -0.4 is 14.8 Å². The molecule has 3 rings (SSSR count). The zero-order valence-electron chi connectivity index (χ0n) is 20.4. The van der Waals surface area contributed by atoms with Crippen LogP contribution in [0.1, 0.15) is 32.6 Å². The molecule has 0 unspecified atom stereocenters. The molecule has 0 aliphatic rings. The van der Waals surface area contributed by atoms with E-state index in [-0.39, 0.29) is 17.7 Å². The van der Waals surface area contributed by atoms with Crippen LogP contribution in [-0.4, -0.2) is 24.1 Å². The number of carbonyl (C=O) groups excluding carboxylic acids is 1. The first-order chi connectivity index (χ1) is 17.8. The van der Waals surface area contributed by atoms with Crippen molar-refractivity contribution in [2.45, 2.75) is 20.0 Å². The molecular weight excluding hydrogens is 492 g/mol. The quantitative estimate of drug-likeness (QED) is 0.188. The van der Waals surface area contributed by atoms with Crippen molar-refractivity contribution in [2.24, 2.45) is 0 Å². The summed E-state index contributed by atoms with van der Waals surface area (Å²) in [5.74, 6) is -0.670. The lowest BCUT2D eigenvalue weighted by atomic mass is 10.0. The molecule has 0 saturated heterocycles. The SMILES string of the molecule is C=CCc1cc(/C=C(\C#N)C(=O)Nc2cccc(Cl)c2C)cc(OC)c1OCc1ccc(C(=O)O)cc1. The van der Waals surface area contributed by atoms with Crippen LogP contribution in [0.5, 0.6) is 11.5 Å². The number of ether oxygens (including phenoxy) is 2. The molecule has 0 bridgehead atoms. The first kappa shape index (κ1) is 27.1. The van der Waals surface area contributed by atoms with Crippen molar-refractivity contribution in [2.75, 3.05) is 12.4 Å². The maximum Gasteiger partial charge on any atom is 0.335 e. The molecule has 0 saturated carbocycles. The van der Waals surface area contributed by atoms with Crippen LogP contribution in [0.2, 0.25) is 5.02 Å². The van der Waals surface area contributed by atoms with Gasteiger partial charge in [0, 0.05) is 16.3 Å². The summed E-state index contributed by atoms with van der Waals surface area (Å²) in [6.07, 6.45) is 3.62. The fourth-order valence-electron chi connectivity index (χ4n) is 3.54. The van der Waals surface area contributed by atoms with Gasteiger partial charge >= 0.3 is 5.97 Å². The van der Waals surface area contributed by atoms with Gasteiger partial charge in [0.15, 0.2) is 11.5 Å². The average molecular weight is 517 g/mol. The van der Waals surface area contributed by atoms with E-state index in [0.717, 1.165) is 11.1 Å². The predicted octanol–water partition coefficient (Wildman–Crippen LogP) is 6.21. The molecule has 0 aromatic heterocycles. The van der Waals surface area contributed by atoms with E-state index in [2.05, 4.69) is 11.9 Å². The van der Waals surface area contributed by atoms with Crippen molar-refractivity contribution in [1.29, 1.82) is 5.26 Å². The van der Waals surface area contributed by atoms with Crippen LogP contribution in [0.15, 0.2) is 72.8 Å². The lowest BCUT2D eigenvalue weighted by molar-refractivity contribution is -0.112. The highest BCUT2D eigenvalue weighted by atomic mass is 35.5. The minimum absolute atomic E-state index is 0.0989. The minimum atomic E-state index is -1.00. The fourth-order valence-corrected chi connectivity index (χ4v) is 3.71. The predicted molar refractivity (Wildman–Crippen MR) is 143 cm³/mol. The monoisotopic (exact) mass is 516 g/mol. The second-order valence-electron chi connectivity index (χ2n) is 8.03. The molecule has 0 heterocycles. The Morgan fingerprint density at radius 2 is 1.92 bits per heavy atom. The lowest BCUT2D eigenvalue weighted by Gasteiger charge is -2.16. The Morgan fingerprint density at radius 3 is 2.54 bits per heavy atom. The third-order valence-corrected chi connectivity index (χ3v) is 5.92. The highest BCUT2D eigenvalue weighted by Gasteiger charge is 2.16. The molecule has 3 aromatic rings. The van der Waals surface area contributed by atoms with Gasteiger partial charge in [-0.15, -0.1) is 6.58 Å². The van der Waals surface area contributed by atoms with Crippen LogP contribution >= 0.6 is 11.6 Å². The molecule has 0 fully saturated rings. The Kier molecular flexibility index (Phi) is 9.09. The molecule has 188 valence electrons. The van der Waals surface area contributed by atoms with Crippen molar-refractivity contribution < 1.29 is 24.2 Å². The number of benzene rings is 3. The van der Waals surface area contributed by atoms with E-state index in [1.54, 1.807) is 55.5 Å². The van der Waals surface area contributed by atoms with Crippen molar-refractivity contribution in [3.63, 3.8) is 0 Å². The van der Waals surface area contributed by atoms with E-state index in [9.17, 15) is 14.9 Å². The van der Waals surface area contributed by atoms with Gasteiger partial charge in [-0.05, 0) is 72.5 Å². The van der Waals surface area contributed by atoms with Gasteiger partial charge in [0.2, 0.25) is 0 Å². The Balaban J connectivity index is 1.89. The van der Waals surface area contributed by atoms with Gasteiger partial charge in [0.25, 0.3) is 5.91 Å². The van der Waals surface area contributed by atoms with E-state index in [1.807, 2.05) is 6.07 Å². The number of nitrogens with zero attached hydrogens (tertiary/aromatic N) is 1. The average Bonchev–Trinajstić information content (AvgIpc) is 2.89. The van der Waals surface area contributed by atoms with E-state index < -0.39 is 11.9 Å². The van der Waals surface area contributed by atoms with E-state index >= 15 is 0 Å². The van der Waals surface area contributed by atoms with Crippen molar-refractivity contribution in [1.82, 2.24) is 0 Å². The van der Waals surface area contributed by atoms with Crippen LogP contribution in [0.4, 0.5) is 5.69 Å². The molecule has 2 N–H and O–H groups in total. The molecule has 37 heavy (non-hydrogen) atoms. The molecule has 0 spiro atoms. The Hall–Kier alpha value is -4.54. The maximum absolute atomic E-state index is 12.8. The Labute approximate surface area is 220 Å². The number of nitriles is 1. The summed E-state index contributed by atoms with van der Waals surface area (Å²) in [4.78, 5) is 23.9. The van der Waals surface area contributed by atoms with Crippen LogP contribution in [-0.2, 0) is 17.8 Å². The van der Waals surface area contributed by atoms with E-state index in [4.69, 9.17) is 26.2 Å². The van der Waals surface area contributed by atoms with Gasteiger partial charge in [-0.1, -0.05) is 35.9 Å². The zero-order chi connectivity index (χ0) is 26.9. The van der Waals surface area contributed by atoms with Gasteiger partial charge in [0.05, 0.1) is 12.7 Å². The number of carboxylic acids is 1. The number of allylic oxidation sites excluding steroid dienone is 1. The number of methoxy groups -OCH3 is 1. The number of aromatic carboxylic acids is 1. The first-order valence-corrected chi connectivity index (χ1v) is 11.6. The van der Waals surface area contributed by atoms with E-state index in [1.165, 1.54) is 25.3 Å². The summed E-state index contributed by atoms with van der Waals surface area (Å²) in [6.45, 7) is 5.76. The van der Waals surface area contributed by atoms with Crippen molar-refractivity contribution in [3.05, 3.63) is 106 Å². The summed E-state index contributed by atoms with van der Waals surface area (Å²) in [5.41, 5.74) is 3.39. The standard InChI is InChI=1S/C29H25ClN2O5/c1-4-6-22-13-20(14-23(16-31)28(33)32-25-8-5-7-24(30)18(25)2)15-26(36-3)27(22)37-17-19-9-11-21(12-10-19)29(34)35/h4-5,7-15H,1,6,17H2,2-3H3,(H,32,33)(H,34,35)/b23-14+. The third kappa shape index (κ3) is 6.78. The van der Waals surface area contributed by atoms with Crippen molar-refractivity contribution >= 4 is 35.2 Å². The second kappa shape index (κ2) is 12.4. The minimum Gasteiger partial charge on any atom is -0.493 e. The topological polar surface area (TPSA) is 109 Å². The number of rotatable bonds is 10. The third-order valence-electron chi connectivity index (χ3n) is 5.51. The normalized spacial score (nSPS) is 10.8. The number of carboxylic acid groups (broad SMARTS) is 1. The molecule has 0 radical (unpaired) electrons. The molecular formula is C29H25ClN2O5. The maximum atomic E-state index is 12.8. The molecule has 3 aromatic carbocycles. The highest BCUT2D eigenvalue weighted by Crippen LogP contribution is 2.35. The van der Waals surface area contributed by atoms with Crippen LogP contribution in [0, 0.1) is 18.3 Å². The number of hydrogen-bond donors (Lipinski definition) is 2. The van der Waals surface area contributed by atoms with Gasteiger partial charge in [-0.2, -0.15) is 5.26 Å². The molecule has 0 atom stereocenters. The Morgan fingerprint density at radius 1 is 1.19 bits per heavy atom. The van der Waals surface area contributed by atoms with Crippen molar-refractivity contribution in [3.8, 4) is 17.6 Å². The first-order valence-electron chi connectivity index (χ1n) is 11.2. The zero-order valence-corrected chi connectivity index (χ0v) is 21.1. The molecule has 1 amide bonds. The number of anilines is 1.